The van der Waals surface area contributed by atoms with Crippen molar-refractivity contribution in [1.82, 2.24) is 9.78 Å². The van der Waals surface area contributed by atoms with Crippen molar-refractivity contribution >= 4 is 26.5 Å². The Balaban J connectivity index is 1.75. The summed E-state index contributed by atoms with van der Waals surface area (Å²) >= 11 is 0. The van der Waals surface area contributed by atoms with Crippen LogP contribution in [-0.4, -0.2) is 24.1 Å². The van der Waals surface area contributed by atoms with E-state index >= 15 is 0 Å². The predicted octanol–water partition coefficient (Wildman–Crippen LogP) is 1.97. The number of fused-ring (bicyclic) bond motifs is 1. The molecule has 2 heterocycles. The van der Waals surface area contributed by atoms with Crippen molar-refractivity contribution in [1.29, 1.82) is 0 Å². The molecule has 29 heavy (non-hydrogen) atoms. The summed E-state index contributed by atoms with van der Waals surface area (Å²) in [5, 5.41) is 4.79. The monoisotopic (exact) mass is 409 g/mol. The third kappa shape index (κ3) is 3.32. The molecule has 0 bridgehead atoms. The van der Waals surface area contributed by atoms with Crippen molar-refractivity contribution in [2.45, 2.75) is 16.3 Å². The standard InChI is InChI=1S/C20H15N3O5S/c21-19(24)18-13(8-9-28-18)12-23-20(25)17-7-6-16(10-14(17)11-22-23)29(26,27)15-4-2-1-3-5-15/h1-11H,12H2,(H2,21,24). The van der Waals surface area contributed by atoms with Gasteiger partial charge in [0.15, 0.2) is 5.76 Å². The lowest BCUT2D eigenvalue weighted by molar-refractivity contribution is 0.0972. The van der Waals surface area contributed by atoms with Gasteiger partial charge in [-0.15, -0.1) is 0 Å². The van der Waals surface area contributed by atoms with Crippen molar-refractivity contribution in [2.75, 3.05) is 0 Å². The van der Waals surface area contributed by atoms with E-state index < -0.39 is 21.3 Å². The summed E-state index contributed by atoms with van der Waals surface area (Å²) in [6, 6.07) is 13.8. The smallest absolute Gasteiger partial charge is 0.284 e. The maximum absolute atomic E-state index is 12.8. The Morgan fingerprint density at radius 2 is 1.83 bits per heavy atom. The number of amides is 1. The first-order chi connectivity index (χ1) is 13.9. The molecule has 8 nitrogen and oxygen atoms in total. The van der Waals surface area contributed by atoms with Crippen LogP contribution in [0, 0.1) is 0 Å². The van der Waals surface area contributed by atoms with Gasteiger partial charge in [0.1, 0.15) is 0 Å². The number of hydrogen-bond donors (Lipinski definition) is 1. The fraction of sp³-hybridized carbons (Fsp3) is 0.0500. The van der Waals surface area contributed by atoms with E-state index in [9.17, 15) is 18.0 Å². The molecule has 0 aliphatic carbocycles. The second-order valence-electron chi connectivity index (χ2n) is 6.31. The molecule has 4 rings (SSSR count). The average Bonchev–Trinajstić information content (AvgIpc) is 3.19. The van der Waals surface area contributed by atoms with Crippen LogP contribution in [0.25, 0.3) is 10.8 Å². The predicted molar refractivity (Wildman–Crippen MR) is 104 cm³/mol. The number of primary amides is 1. The Morgan fingerprint density at radius 3 is 2.55 bits per heavy atom. The van der Waals surface area contributed by atoms with E-state index in [0.717, 1.165) is 4.68 Å². The molecule has 1 amide bonds. The van der Waals surface area contributed by atoms with Gasteiger partial charge in [0.05, 0.1) is 34.2 Å². The van der Waals surface area contributed by atoms with Crippen molar-refractivity contribution in [2.24, 2.45) is 5.73 Å². The van der Waals surface area contributed by atoms with Crippen molar-refractivity contribution in [3.8, 4) is 0 Å². The van der Waals surface area contributed by atoms with Gasteiger partial charge in [0.2, 0.25) is 9.84 Å². The van der Waals surface area contributed by atoms with Gasteiger partial charge >= 0.3 is 0 Å². The summed E-state index contributed by atoms with van der Waals surface area (Å²) in [7, 11) is -3.71. The van der Waals surface area contributed by atoms with Crippen molar-refractivity contribution < 1.29 is 17.6 Å². The molecule has 0 fully saturated rings. The normalized spacial score (nSPS) is 11.6. The number of furan rings is 1. The van der Waals surface area contributed by atoms with Gasteiger partial charge in [-0.2, -0.15) is 5.10 Å². The molecule has 146 valence electrons. The van der Waals surface area contributed by atoms with Crippen LogP contribution in [0.3, 0.4) is 0 Å². The van der Waals surface area contributed by atoms with Crippen LogP contribution in [-0.2, 0) is 16.4 Å². The molecular weight excluding hydrogens is 394 g/mol. The van der Waals surface area contributed by atoms with E-state index in [1.54, 1.807) is 18.2 Å². The van der Waals surface area contributed by atoms with Gasteiger partial charge in [-0.25, -0.2) is 13.1 Å². The summed E-state index contributed by atoms with van der Waals surface area (Å²) in [5.74, 6) is -0.780. The number of sulfone groups is 1. The van der Waals surface area contributed by atoms with Crippen LogP contribution in [0.4, 0.5) is 0 Å². The first-order valence-corrected chi connectivity index (χ1v) is 10.0. The lowest BCUT2D eigenvalue weighted by Gasteiger charge is -2.08. The van der Waals surface area contributed by atoms with E-state index in [1.807, 2.05) is 0 Å². The quantitative estimate of drug-likeness (QED) is 0.537. The number of aromatic nitrogens is 2. The Hall–Kier alpha value is -3.72. The van der Waals surface area contributed by atoms with Crippen molar-refractivity contribution in [3.63, 3.8) is 0 Å². The Bertz CT molecular complexity index is 1390. The fourth-order valence-corrected chi connectivity index (χ4v) is 4.34. The highest BCUT2D eigenvalue weighted by atomic mass is 32.2. The summed E-state index contributed by atoms with van der Waals surface area (Å²) < 4.78 is 31.8. The van der Waals surface area contributed by atoms with Crippen LogP contribution in [0.15, 0.2) is 86.1 Å². The zero-order chi connectivity index (χ0) is 20.6. The van der Waals surface area contributed by atoms with E-state index in [4.69, 9.17) is 10.2 Å². The molecule has 0 unspecified atom stereocenters. The van der Waals surface area contributed by atoms with Crippen molar-refractivity contribution in [3.05, 3.63) is 88.7 Å². The molecule has 2 aromatic carbocycles. The van der Waals surface area contributed by atoms with E-state index in [0.29, 0.717) is 16.3 Å². The summed E-state index contributed by atoms with van der Waals surface area (Å²) in [5.41, 5.74) is 5.25. The number of nitrogens with two attached hydrogens (primary N) is 1. The number of rotatable bonds is 5. The van der Waals surface area contributed by atoms with Crippen LogP contribution >= 0.6 is 0 Å². The molecular formula is C20H15N3O5S. The molecule has 9 heteroatoms. The zero-order valence-electron chi connectivity index (χ0n) is 15.0. The Morgan fingerprint density at radius 1 is 1.07 bits per heavy atom. The second kappa shape index (κ2) is 7.02. The molecule has 0 aliphatic heterocycles. The highest BCUT2D eigenvalue weighted by Gasteiger charge is 2.19. The lowest BCUT2D eigenvalue weighted by atomic mass is 10.2. The SMILES string of the molecule is NC(=O)c1occc1Cn1ncc2cc(S(=O)(=O)c3ccccc3)ccc2c1=O. The summed E-state index contributed by atoms with van der Waals surface area (Å²) in [4.78, 5) is 24.4. The molecule has 0 saturated heterocycles. The lowest BCUT2D eigenvalue weighted by Crippen LogP contribution is -2.24. The highest BCUT2D eigenvalue weighted by Crippen LogP contribution is 2.23. The van der Waals surface area contributed by atoms with E-state index in [2.05, 4.69) is 5.10 Å². The minimum atomic E-state index is -3.71. The number of carbonyl (C=O) groups excluding carboxylic acids is 1. The zero-order valence-corrected chi connectivity index (χ0v) is 15.8. The third-order valence-corrected chi connectivity index (χ3v) is 6.25. The second-order valence-corrected chi connectivity index (χ2v) is 8.26. The number of hydrogen-bond acceptors (Lipinski definition) is 6. The molecule has 0 aliphatic rings. The topological polar surface area (TPSA) is 125 Å². The largest absolute Gasteiger partial charge is 0.459 e. The highest BCUT2D eigenvalue weighted by molar-refractivity contribution is 7.91. The first-order valence-electron chi connectivity index (χ1n) is 8.54. The van der Waals surface area contributed by atoms with Crippen LogP contribution < -0.4 is 11.3 Å². The van der Waals surface area contributed by atoms with Gasteiger partial charge in [0, 0.05) is 10.9 Å². The van der Waals surface area contributed by atoms with Gasteiger partial charge < -0.3 is 10.2 Å². The maximum Gasteiger partial charge on any atom is 0.284 e. The first kappa shape index (κ1) is 18.6. The molecule has 4 aromatic rings. The number of nitrogens with zero attached hydrogens (tertiary/aromatic N) is 2. The fourth-order valence-electron chi connectivity index (χ4n) is 3.02. The van der Waals surface area contributed by atoms with Gasteiger partial charge in [-0.1, -0.05) is 18.2 Å². The van der Waals surface area contributed by atoms with E-state index in [1.165, 1.54) is 48.9 Å². The van der Waals surface area contributed by atoms with Gasteiger partial charge in [-0.3, -0.25) is 9.59 Å². The molecule has 0 saturated carbocycles. The maximum atomic E-state index is 12.8. The Labute approximate surface area is 165 Å². The summed E-state index contributed by atoms with van der Waals surface area (Å²) in [6.45, 7) is -0.00634. The Kier molecular flexibility index (Phi) is 4.51. The molecule has 2 aromatic heterocycles. The minimum Gasteiger partial charge on any atom is -0.459 e. The van der Waals surface area contributed by atoms with Gasteiger partial charge in [-0.05, 0) is 36.4 Å². The van der Waals surface area contributed by atoms with Crippen LogP contribution in [0.1, 0.15) is 16.1 Å². The van der Waals surface area contributed by atoms with Gasteiger partial charge in [0.25, 0.3) is 11.5 Å². The van der Waals surface area contributed by atoms with Crippen LogP contribution in [0.5, 0.6) is 0 Å². The van der Waals surface area contributed by atoms with E-state index in [-0.39, 0.29) is 22.1 Å². The average molecular weight is 409 g/mol. The molecule has 2 N–H and O–H groups in total. The molecule has 0 atom stereocenters. The molecule has 0 radical (unpaired) electrons. The molecule has 0 spiro atoms. The number of carbonyl (C=O) groups is 1. The number of benzene rings is 2. The van der Waals surface area contributed by atoms with Crippen LogP contribution in [0.2, 0.25) is 0 Å². The third-order valence-electron chi connectivity index (χ3n) is 4.48. The summed E-state index contributed by atoms with van der Waals surface area (Å²) in [6.07, 6.45) is 2.72. The minimum absolute atomic E-state index is 0.00634.